The van der Waals surface area contributed by atoms with E-state index in [2.05, 4.69) is 24.5 Å². The fourth-order valence-corrected chi connectivity index (χ4v) is 4.78. The molecule has 10 nitrogen and oxygen atoms in total. The second kappa shape index (κ2) is 32.0. The lowest BCUT2D eigenvalue weighted by molar-refractivity contribution is -0.147. The van der Waals surface area contributed by atoms with Crippen molar-refractivity contribution in [3.63, 3.8) is 0 Å². The molecule has 0 aliphatic rings. The van der Waals surface area contributed by atoms with E-state index in [4.69, 9.17) is 23.7 Å². The maximum absolute atomic E-state index is 13.0. The highest BCUT2D eigenvalue weighted by molar-refractivity contribution is 5.91. The molecule has 0 aliphatic carbocycles. The van der Waals surface area contributed by atoms with Crippen LogP contribution in [0.25, 0.3) is 0 Å². The highest BCUT2D eigenvalue weighted by atomic mass is 16.6. The van der Waals surface area contributed by atoms with Crippen LogP contribution in [0.4, 0.5) is 0 Å². The monoisotopic (exact) mass is 664 g/mol. The van der Waals surface area contributed by atoms with Crippen molar-refractivity contribution in [2.75, 3.05) is 59.4 Å². The summed E-state index contributed by atoms with van der Waals surface area (Å²) in [5, 5.41) is 5.51. The van der Waals surface area contributed by atoms with E-state index < -0.39 is 23.8 Å². The van der Waals surface area contributed by atoms with E-state index in [-0.39, 0.29) is 26.2 Å². The number of unbranched alkanes of at least 4 members (excludes halogenated alkanes) is 12. The van der Waals surface area contributed by atoms with Crippen LogP contribution in [0.3, 0.4) is 0 Å². The van der Waals surface area contributed by atoms with Gasteiger partial charge in [-0.1, -0.05) is 121 Å². The van der Waals surface area contributed by atoms with Crippen molar-refractivity contribution in [1.29, 1.82) is 0 Å². The third-order valence-electron chi connectivity index (χ3n) is 7.59. The van der Waals surface area contributed by atoms with Crippen molar-refractivity contribution in [1.82, 2.24) is 10.6 Å². The van der Waals surface area contributed by atoms with Crippen LogP contribution >= 0.6 is 0 Å². The summed E-state index contributed by atoms with van der Waals surface area (Å²) in [7, 11) is 0. The molecule has 0 aromatic heterocycles. The average Bonchev–Trinajstić information content (AvgIpc) is 3.08. The quantitative estimate of drug-likeness (QED) is 0.0665. The van der Waals surface area contributed by atoms with Crippen molar-refractivity contribution in [2.24, 2.45) is 0 Å². The molecule has 0 bridgehead atoms. The van der Waals surface area contributed by atoms with Gasteiger partial charge in [0.2, 0.25) is 11.8 Å². The maximum atomic E-state index is 13.0. The number of nitrogens with one attached hydrogen (secondary N) is 2. The largest absolute Gasteiger partial charge is 0.461 e. The Bertz CT molecular complexity index is 886. The molecule has 10 heteroatoms. The lowest BCUT2D eigenvalue weighted by Crippen LogP contribution is -2.49. The Morgan fingerprint density at radius 2 is 1.13 bits per heavy atom. The van der Waals surface area contributed by atoms with Gasteiger partial charge in [0.25, 0.3) is 0 Å². The number of rotatable bonds is 33. The molecular weight excluding hydrogens is 600 g/mol. The van der Waals surface area contributed by atoms with Crippen LogP contribution in [-0.4, -0.2) is 83.2 Å². The molecule has 2 amide bonds. The normalized spacial score (nSPS) is 11.7. The van der Waals surface area contributed by atoms with E-state index in [1.54, 1.807) is 0 Å². The van der Waals surface area contributed by atoms with Gasteiger partial charge in [0.05, 0.1) is 46.1 Å². The molecule has 2 N–H and O–H groups in total. The van der Waals surface area contributed by atoms with Crippen molar-refractivity contribution >= 4 is 17.8 Å². The highest BCUT2D eigenvalue weighted by Crippen LogP contribution is 2.12. The summed E-state index contributed by atoms with van der Waals surface area (Å²) < 4.78 is 27.1. The van der Waals surface area contributed by atoms with Crippen molar-refractivity contribution in [3.8, 4) is 0 Å². The number of amides is 2. The van der Waals surface area contributed by atoms with Crippen molar-refractivity contribution in [3.05, 3.63) is 35.9 Å². The molecule has 1 aromatic rings. The van der Waals surface area contributed by atoms with Crippen LogP contribution < -0.4 is 10.6 Å². The second-order valence-corrected chi connectivity index (χ2v) is 11.9. The first-order valence-electron chi connectivity index (χ1n) is 18.1. The smallest absolute Gasteiger partial charge is 0.308 e. The molecule has 1 unspecified atom stereocenters. The molecule has 1 aromatic carbocycles. The lowest BCUT2D eigenvalue weighted by atomic mass is 10.1. The molecule has 0 fully saturated rings. The molecule has 0 spiro atoms. The molecule has 0 saturated carbocycles. The Hall–Kier alpha value is -2.53. The summed E-state index contributed by atoms with van der Waals surface area (Å²) in [6.45, 7) is 7.94. The molecular formula is C37H64N2O8. The standard InChI is InChI=1S/C37H64N2O8/c1-3-5-7-8-9-10-11-12-13-14-15-19-22-38-37(42)34(30-36(41)47-31-33-20-17-16-18-21-33)39-35(40)32-46-29-28-45-27-26-44-25-24-43-23-6-4-2/h16-18,20-21,34H,3-15,19,22-32H2,1-2H3,(H,38,42)(H,39,40). The fraction of sp³-hybridized carbons (Fsp3) is 0.757. The Balaban J connectivity index is 2.29. The van der Waals surface area contributed by atoms with Crippen LogP contribution in [0.1, 0.15) is 116 Å². The first-order valence-corrected chi connectivity index (χ1v) is 18.1. The second-order valence-electron chi connectivity index (χ2n) is 11.9. The number of hydrogen-bond acceptors (Lipinski definition) is 8. The summed E-state index contributed by atoms with van der Waals surface area (Å²) in [5.74, 6) is -1.46. The van der Waals surface area contributed by atoms with Gasteiger partial charge < -0.3 is 34.3 Å². The van der Waals surface area contributed by atoms with Gasteiger partial charge in [-0.15, -0.1) is 0 Å². The van der Waals surface area contributed by atoms with E-state index >= 15 is 0 Å². The predicted octanol–water partition coefficient (Wildman–Crippen LogP) is 6.29. The number of hydrogen-bond donors (Lipinski definition) is 2. The maximum Gasteiger partial charge on any atom is 0.308 e. The minimum Gasteiger partial charge on any atom is -0.461 e. The van der Waals surface area contributed by atoms with E-state index in [1.165, 1.54) is 57.8 Å². The predicted molar refractivity (Wildman–Crippen MR) is 185 cm³/mol. The average molecular weight is 665 g/mol. The molecule has 270 valence electrons. The molecule has 0 heterocycles. The minimum absolute atomic E-state index is 0.0989. The van der Waals surface area contributed by atoms with Crippen LogP contribution in [0, 0.1) is 0 Å². The summed E-state index contributed by atoms with van der Waals surface area (Å²) in [5.41, 5.74) is 0.844. The number of esters is 1. The molecule has 47 heavy (non-hydrogen) atoms. The van der Waals surface area contributed by atoms with Crippen LogP contribution in [0.5, 0.6) is 0 Å². The van der Waals surface area contributed by atoms with Gasteiger partial charge in [-0.05, 0) is 18.4 Å². The zero-order chi connectivity index (χ0) is 34.0. The van der Waals surface area contributed by atoms with Gasteiger partial charge in [-0.3, -0.25) is 14.4 Å². The third-order valence-corrected chi connectivity index (χ3v) is 7.59. The van der Waals surface area contributed by atoms with E-state index in [0.717, 1.165) is 44.3 Å². The molecule has 1 atom stereocenters. The minimum atomic E-state index is -1.05. The van der Waals surface area contributed by atoms with Gasteiger partial charge in [0.1, 0.15) is 19.3 Å². The SMILES string of the molecule is CCCCCCCCCCCCCCNC(=O)C(CC(=O)OCc1ccccc1)NC(=O)COCCOCCOCCOCCCC. The Labute approximate surface area is 284 Å². The zero-order valence-corrected chi connectivity index (χ0v) is 29.4. The van der Waals surface area contributed by atoms with E-state index in [1.807, 2.05) is 30.3 Å². The van der Waals surface area contributed by atoms with Gasteiger partial charge >= 0.3 is 5.97 Å². The number of ether oxygens (including phenoxy) is 5. The van der Waals surface area contributed by atoms with Gasteiger partial charge in [-0.25, -0.2) is 0 Å². The molecule has 0 radical (unpaired) electrons. The first-order chi connectivity index (χ1) is 23.1. The summed E-state index contributed by atoms with van der Waals surface area (Å²) in [4.78, 5) is 38.1. The molecule has 0 aliphatic heterocycles. The molecule has 0 saturated heterocycles. The topological polar surface area (TPSA) is 121 Å². The van der Waals surface area contributed by atoms with Gasteiger partial charge in [0, 0.05) is 13.2 Å². The molecule has 1 rings (SSSR count). The van der Waals surface area contributed by atoms with Crippen LogP contribution in [0.2, 0.25) is 0 Å². The number of carbonyl (C=O) groups is 3. The summed E-state index contributed by atoms with van der Waals surface area (Å²) in [6, 6.07) is 8.26. The van der Waals surface area contributed by atoms with Crippen molar-refractivity contribution in [2.45, 2.75) is 123 Å². The van der Waals surface area contributed by atoms with Crippen molar-refractivity contribution < 1.29 is 38.1 Å². The number of carbonyl (C=O) groups excluding carboxylic acids is 3. The summed E-state index contributed by atoms with van der Waals surface area (Å²) >= 11 is 0. The summed E-state index contributed by atoms with van der Waals surface area (Å²) in [6.07, 6.45) is 16.7. The van der Waals surface area contributed by atoms with Crippen LogP contribution in [0.15, 0.2) is 30.3 Å². The first kappa shape index (κ1) is 42.5. The number of benzene rings is 1. The Kier molecular flexibility index (Phi) is 29.0. The van der Waals surface area contributed by atoms with E-state index in [0.29, 0.717) is 39.6 Å². The van der Waals surface area contributed by atoms with Gasteiger partial charge in [-0.2, -0.15) is 0 Å². The highest BCUT2D eigenvalue weighted by Gasteiger charge is 2.24. The van der Waals surface area contributed by atoms with Crippen LogP contribution in [-0.2, 0) is 44.7 Å². The Morgan fingerprint density at radius 3 is 1.70 bits per heavy atom. The van der Waals surface area contributed by atoms with Gasteiger partial charge in [0.15, 0.2) is 0 Å². The fourth-order valence-electron chi connectivity index (χ4n) is 4.78. The third kappa shape index (κ3) is 27.2. The van der Waals surface area contributed by atoms with E-state index in [9.17, 15) is 14.4 Å². The Morgan fingerprint density at radius 1 is 0.617 bits per heavy atom. The lowest BCUT2D eigenvalue weighted by Gasteiger charge is -2.18. The zero-order valence-electron chi connectivity index (χ0n) is 29.4.